The second kappa shape index (κ2) is 7.56. The van der Waals surface area contributed by atoms with Gasteiger partial charge in [-0.1, -0.05) is 30.3 Å². The Morgan fingerprint density at radius 2 is 2.19 bits per heavy atom. The van der Waals surface area contributed by atoms with Crippen LogP contribution in [0.2, 0.25) is 0 Å². The van der Waals surface area contributed by atoms with E-state index < -0.39 is 5.54 Å². The molecule has 1 aromatic rings. The Hall–Kier alpha value is -1.41. The molecule has 4 heteroatoms. The van der Waals surface area contributed by atoms with Gasteiger partial charge < -0.3 is 9.47 Å². The summed E-state index contributed by atoms with van der Waals surface area (Å²) >= 11 is 0. The van der Waals surface area contributed by atoms with Crippen molar-refractivity contribution < 1.29 is 9.47 Å². The zero-order chi connectivity index (χ0) is 15.1. The van der Waals surface area contributed by atoms with Crippen molar-refractivity contribution in [2.75, 3.05) is 19.8 Å². The zero-order valence-corrected chi connectivity index (χ0v) is 12.8. The van der Waals surface area contributed by atoms with Crippen molar-refractivity contribution >= 4 is 0 Å². The van der Waals surface area contributed by atoms with E-state index in [0.717, 1.165) is 25.0 Å². The third kappa shape index (κ3) is 4.28. The second-order valence-electron chi connectivity index (χ2n) is 5.83. The van der Waals surface area contributed by atoms with Crippen LogP contribution in [-0.2, 0) is 15.0 Å². The molecule has 1 aromatic carbocycles. The van der Waals surface area contributed by atoms with Gasteiger partial charge in [-0.05, 0) is 32.3 Å². The average Bonchev–Trinajstić information content (AvgIpc) is 3.00. The van der Waals surface area contributed by atoms with Crippen LogP contribution in [0.4, 0.5) is 0 Å². The predicted molar refractivity (Wildman–Crippen MR) is 81.8 cm³/mol. The van der Waals surface area contributed by atoms with Crippen LogP contribution in [0.25, 0.3) is 0 Å². The molecule has 0 saturated carbocycles. The van der Waals surface area contributed by atoms with E-state index in [4.69, 9.17) is 9.47 Å². The maximum atomic E-state index is 9.75. The highest BCUT2D eigenvalue weighted by atomic mass is 16.5. The molecule has 0 radical (unpaired) electrons. The van der Waals surface area contributed by atoms with Crippen LogP contribution in [0.5, 0.6) is 0 Å². The number of benzene rings is 1. The van der Waals surface area contributed by atoms with Gasteiger partial charge in [-0.2, -0.15) is 5.26 Å². The minimum atomic E-state index is -0.811. The Kier molecular flexibility index (Phi) is 5.75. The number of hydrogen-bond donors (Lipinski definition) is 1. The Labute approximate surface area is 127 Å². The van der Waals surface area contributed by atoms with Crippen LogP contribution in [0.15, 0.2) is 30.3 Å². The molecule has 0 aliphatic carbocycles. The summed E-state index contributed by atoms with van der Waals surface area (Å²) in [6.45, 7) is 5.77. The number of nitrogens with zero attached hydrogens (tertiary/aromatic N) is 1. The topological polar surface area (TPSA) is 54.3 Å². The normalized spacial score (nSPS) is 21.1. The fourth-order valence-corrected chi connectivity index (χ4v) is 2.67. The lowest BCUT2D eigenvalue weighted by Crippen LogP contribution is -2.48. The van der Waals surface area contributed by atoms with Gasteiger partial charge in [0.2, 0.25) is 0 Å². The molecule has 1 aliphatic heterocycles. The van der Waals surface area contributed by atoms with Gasteiger partial charge in [-0.25, -0.2) is 0 Å². The van der Waals surface area contributed by atoms with Crippen molar-refractivity contribution in [3.05, 3.63) is 35.9 Å². The quantitative estimate of drug-likeness (QED) is 0.838. The van der Waals surface area contributed by atoms with Crippen molar-refractivity contribution in [3.63, 3.8) is 0 Å². The summed E-state index contributed by atoms with van der Waals surface area (Å²) in [5.41, 5.74) is 0.127. The number of hydrogen-bond acceptors (Lipinski definition) is 4. The lowest BCUT2D eigenvalue weighted by Gasteiger charge is -2.30. The fraction of sp³-hybridized carbons (Fsp3) is 0.588. The van der Waals surface area contributed by atoms with Gasteiger partial charge in [0.15, 0.2) is 5.54 Å². The molecule has 0 amide bonds. The van der Waals surface area contributed by atoms with Crippen LogP contribution < -0.4 is 5.32 Å². The predicted octanol–water partition coefficient (Wildman–Crippen LogP) is 2.60. The standard InChI is InChI=1S/C17H24N2O2/c1-14(2)19-17(12-18,15-7-4-3-5-8-15)13-20-11-16-9-6-10-21-16/h3-5,7-8,14,16,19H,6,9-11,13H2,1-2H3. The third-order valence-electron chi connectivity index (χ3n) is 3.64. The molecule has 1 aliphatic rings. The molecule has 0 bridgehead atoms. The van der Waals surface area contributed by atoms with E-state index in [0.29, 0.717) is 13.2 Å². The Balaban J connectivity index is 2.06. The molecule has 1 heterocycles. The zero-order valence-electron chi connectivity index (χ0n) is 12.8. The third-order valence-corrected chi connectivity index (χ3v) is 3.64. The van der Waals surface area contributed by atoms with Crippen LogP contribution in [0.3, 0.4) is 0 Å². The lowest BCUT2D eigenvalue weighted by molar-refractivity contribution is 0.000565. The fourth-order valence-electron chi connectivity index (χ4n) is 2.67. The Morgan fingerprint density at radius 1 is 1.43 bits per heavy atom. The minimum Gasteiger partial charge on any atom is -0.376 e. The van der Waals surface area contributed by atoms with Crippen molar-refractivity contribution in [2.24, 2.45) is 0 Å². The molecule has 1 fully saturated rings. The van der Waals surface area contributed by atoms with E-state index in [-0.39, 0.29) is 12.1 Å². The minimum absolute atomic E-state index is 0.177. The SMILES string of the molecule is CC(C)NC(C#N)(COCC1CCCO1)c1ccccc1. The van der Waals surface area contributed by atoms with E-state index in [2.05, 4.69) is 11.4 Å². The largest absolute Gasteiger partial charge is 0.376 e. The molecule has 1 saturated heterocycles. The molecule has 2 atom stereocenters. The van der Waals surface area contributed by atoms with Crippen LogP contribution in [-0.4, -0.2) is 32.0 Å². The summed E-state index contributed by atoms with van der Waals surface area (Å²) < 4.78 is 11.4. The maximum Gasteiger partial charge on any atom is 0.156 e. The first-order valence-electron chi connectivity index (χ1n) is 7.60. The van der Waals surface area contributed by atoms with Crippen molar-refractivity contribution in [3.8, 4) is 6.07 Å². The summed E-state index contributed by atoms with van der Waals surface area (Å²) in [7, 11) is 0. The van der Waals surface area contributed by atoms with Gasteiger partial charge in [0.05, 0.1) is 25.4 Å². The van der Waals surface area contributed by atoms with Gasteiger partial charge in [-0.3, -0.25) is 5.32 Å². The number of ether oxygens (including phenoxy) is 2. The van der Waals surface area contributed by atoms with Gasteiger partial charge >= 0.3 is 0 Å². The van der Waals surface area contributed by atoms with E-state index in [1.54, 1.807) is 0 Å². The summed E-state index contributed by atoms with van der Waals surface area (Å²) in [6.07, 6.45) is 2.32. The molecule has 0 spiro atoms. The highest BCUT2D eigenvalue weighted by Gasteiger charge is 2.33. The van der Waals surface area contributed by atoms with E-state index >= 15 is 0 Å². The molecule has 1 N–H and O–H groups in total. The van der Waals surface area contributed by atoms with Crippen LogP contribution in [0, 0.1) is 11.3 Å². The van der Waals surface area contributed by atoms with Crippen LogP contribution >= 0.6 is 0 Å². The second-order valence-corrected chi connectivity index (χ2v) is 5.83. The Bertz CT molecular complexity index is 463. The highest BCUT2D eigenvalue weighted by molar-refractivity contribution is 5.31. The van der Waals surface area contributed by atoms with Gasteiger partial charge in [-0.15, -0.1) is 0 Å². The highest BCUT2D eigenvalue weighted by Crippen LogP contribution is 2.22. The molecule has 2 unspecified atom stereocenters. The van der Waals surface area contributed by atoms with Gasteiger partial charge in [0, 0.05) is 12.6 Å². The Morgan fingerprint density at radius 3 is 2.76 bits per heavy atom. The molecule has 114 valence electrons. The van der Waals surface area contributed by atoms with E-state index in [1.165, 1.54) is 0 Å². The van der Waals surface area contributed by atoms with Gasteiger partial charge in [0.25, 0.3) is 0 Å². The van der Waals surface area contributed by atoms with Crippen molar-refractivity contribution in [1.29, 1.82) is 5.26 Å². The summed E-state index contributed by atoms with van der Waals surface area (Å²) in [5, 5.41) is 13.1. The summed E-state index contributed by atoms with van der Waals surface area (Å²) in [4.78, 5) is 0. The number of rotatable bonds is 7. The molecule has 2 rings (SSSR count). The van der Waals surface area contributed by atoms with Crippen molar-refractivity contribution in [1.82, 2.24) is 5.32 Å². The summed E-state index contributed by atoms with van der Waals surface area (Å²) in [6, 6.07) is 12.4. The summed E-state index contributed by atoms with van der Waals surface area (Å²) in [5.74, 6) is 0. The average molecular weight is 288 g/mol. The number of nitriles is 1. The van der Waals surface area contributed by atoms with E-state index in [9.17, 15) is 5.26 Å². The molecule has 0 aromatic heterocycles. The molecular weight excluding hydrogens is 264 g/mol. The van der Waals surface area contributed by atoms with Gasteiger partial charge in [0.1, 0.15) is 0 Å². The number of nitrogens with one attached hydrogen (secondary N) is 1. The molecule has 4 nitrogen and oxygen atoms in total. The smallest absolute Gasteiger partial charge is 0.156 e. The van der Waals surface area contributed by atoms with Crippen molar-refractivity contribution in [2.45, 2.75) is 44.4 Å². The first-order chi connectivity index (χ1) is 10.2. The molecular formula is C17H24N2O2. The first kappa shape index (κ1) is 16.0. The first-order valence-corrected chi connectivity index (χ1v) is 7.60. The van der Waals surface area contributed by atoms with Crippen LogP contribution in [0.1, 0.15) is 32.3 Å². The maximum absolute atomic E-state index is 9.75. The monoisotopic (exact) mass is 288 g/mol. The van der Waals surface area contributed by atoms with E-state index in [1.807, 2.05) is 44.2 Å². The lowest BCUT2D eigenvalue weighted by atomic mass is 9.91. The molecule has 21 heavy (non-hydrogen) atoms.